The van der Waals surface area contributed by atoms with Gasteiger partial charge in [-0.3, -0.25) is 9.78 Å². The number of hydrogen-bond donors (Lipinski definition) is 1. The van der Waals surface area contributed by atoms with Gasteiger partial charge in [0.05, 0.1) is 11.6 Å². The second kappa shape index (κ2) is 7.75. The Balaban J connectivity index is 1.71. The molecule has 1 atom stereocenters. The maximum atomic E-state index is 12.4. The number of nitrogens with one attached hydrogen (secondary N) is 1. The summed E-state index contributed by atoms with van der Waals surface area (Å²) in [6, 6.07) is 13.1. The van der Waals surface area contributed by atoms with Crippen LogP contribution in [0.4, 0.5) is 0 Å². The first-order valence-electron chi connectivity index (χ1n) is 8.41. The van der Waals surface area contributed by atoms with Gasteiger partial charge >= 0.3 is 0 Å². The second-order valence-electron chi connectivity index (χ2n) is 5.89. The molecular formula is C20H21N3O2. The van der Waals surface area contributed by atoms with E-state index in [2.05, 4.69) is 22.2 Å². The molecule has 0 saturated heterocycles. The minimum absolute atomic E-state index is 0.132. The van der Waals surface area contributed by atoms with E-state index in [-0.39, 0.29) is 12.0 Å². The smallest absolute Gasteiger partial charge is 0.270 e. The molecule has 3 aromatic rings. The lowest BCUT2D eigenvalue weighted by Gasteiger charge is -2.16. The monoisotopic (exact) mass is 335 g/mol. The van der Waals surface area contributed by atoms with Gasteiger partial charge in [0, 0.05) is 29.9 Å². The number of pyridine rings is 2. The van der Waals surface area contributed by atoms with E-state index in [0.29, 0.717) is 12.2 Å². The summed E-state index contributed by atoms with van der Waals surface area (Å²) >= 11 is 0. The van der Waals surface area contributed by atoms with Gasteiger partial charge in [-0.1, -0.05) is 25.1 Å². The highest BCUT2D eigenvalue weighted by Gasteiger charge is 2.11. The summed E-state index contributed by atoms with van der Waals surface area (Å²) < 4.78 is 5.92. The molecule has 3 rings (SSSR count). The van der Waals surface area contributed by atoms with Crippen LogP contribution in [0.2, 0.25) is 0 Å². The average molecular weight is 335 g/mol. The minimum Gasteiger partial charge on any atom is -0.490 e. The van der Waals surface area contributed by atoms with Crippen LogP contribution in [0.3, 0.4) is 0 Å². The summed E-state index contributed by atoms with van der Waals surface area (Å²) in [6.45, 7) is 4.50. The third kappa shape index (κ3) is 4.12. The lowest BCUT2D eigenvalue weighted by molar-refractivity contribution is 0.0946. The van der Waals surface area contributed by atoms with Crippen LogP contribution < -0.4 is 10.1 Å². The molecule has 2 aromatic heterocycles. The summed E-state index contributed by atoms with van der Waals surface area (Å²) in [5.74, 6) is 0.590. The quantitative estimate of drug-likeness (QED) is 0.745. The predicted octanol–water partition coefficient (Wildman–Crippen LogP) is 3.74. The minimum atomic E-state index is -0.211. The van der Waals surface area contributed by atoms with Crippen LogP contribution in [0.25, 0.3) is 10.9 Å². The van der Waals surface area contributed by atoms with Crippen molar-refractivity contribution in [1.82, 2.24) is 15.3 Å². The fourth-order valence-electron chi connectivity index (χ4n) is 2.42. The molecule has 1 aromatic carbocycles. The molecule has 0 radical (unpaired) electrons. The zero-order chi connectivity index (χ0) is 17.6. The normalized spacial score (nSPS) is 11.9. The second-order valence-corrected chi connectivity index (χ2v) is 5.89. The molecule has 2 heterocycles. The zero-order valence-electron chi connectivity index (χ0n) is 14.4. The van der Waals surface area contributed by atoms with Crippen LogP contribution in [0, 0.1) is 0 Å². The number of aromatic nitrogens is 2. The van der Waals surface area contributed by atoms with Gasteiger partial charge in [0.15, 0.2) is 0 Å². The fourth-order valence-corrected chi connectivity index (χ4v) is 2.42. The summed E-state index contributed by atoms with van der Waals surface area (Å²) in [5.41, 5.74) is 2.09. The first-order valence-corrected chi connectivity index (χ1v) is 8.41. The molecule has 0 spiro atoms. The molecular weight excluding hydrogens is 314 g/mol. The number of nitrogens with zero attached hydrogens (tertiary/aromatic N) is 2. The van der Waals surface area contributed by atoms with E-state index >= 15 is 0 Å². The summed E-state index contributed by atoms with van der Waals surface area (Å²) in [4.78, 5) is 20.9. The molecule has 0 bridgehead atoms. The van der Waals surface area contributed by atoms with Gasteiger partial charge in [-0.15, -0.1) is 0 Å². The first kappa shape index (κ1) is 16.9. The Morgan fingerprint density at radius 3 is 2.88 bits per heavy atom. The fraction of sp³-hybridized carbons (Fsp3) is 0.250. The van der Waals surface area contributed by atoms with Crippen LogP contribution in [-0.4, -0.2) is 22.0 Å². The third-order valence-electron chi connectivity index (χ3n) is 4.04. The molecule has 0 aliphatic carbocycles. The van der Waals surface area contributed by atoms with Gasteiger partial charge in [0.2, 0.25) is 0 Å². The Labute approximate surface area is 147 Å². The summed E-state index contributed by atoms with van der Waals surface area (Å²) in [6.07, 6.45) is 4.45. The molecule has 0 aliphatic rings. The molecule has 0 saturated carbocycles. The molecule has 5 nitrogen and oxygen atoms in total. The lowest BCUT2D eigenvalue weighted by Crippen LogP contribution is -2.24. The Morgan fingerprint density at radius 2 is 2.04 bits per heavy atom. The number of amides is 1. The molecule has 5 heteroatoms. The SMILES string of the molecule is CC[C@H](C)Oc1ccccc1CNC(=O)c1ccc2cnccc2n1. The predicted molar refractivity (Wildman–Crippen MR) is 97.5 cm³/mol. The van der Waals surface area contributed by atoms with Crippen molar-refractivity contribution in [3.63, 3.8) is 0 Å². The highest BCUT2D eigenvalue weighted by molar-refractivity contribution is 5.94. The largest absolute Gasteiger partial charge is 0.490 e. The van der Waals surface area contributed by atoms with Crippen LogP contribution in [-0.2, 0) is 6.54 Å². The van der Waals surface area contributed by atoms with Crippen molar-refractivity contribution in [1.29, 1.82) is 0 Å². The number of hydrogen-bond acceptors (Lipinski definition) is 4. The van der Waals surface area contributed by atoms with Crippen LogP contribution in [0.1, 0.15) is 36.3 Å². The van der Waals surface area contributed by atoms with Crippen molar-refractivity contribution in [3.8, 4) is 5.75 Å². The lowest BCUT2D eigenvalue weighted by atomic mass is 10.2. The van der Waals surface area contributed by atoms with Crippen LogP contribution >= 0.6 is 0 Å². The highest BCUT2D eigenvalue weighted by atomic mass is 16.5. The van der Waals surface area contributed by atoms with Gasteiger partial charge in [-0.05, 0) is 37.6 Å². The first-order chi connectivity index (χ1) is 12.2. The average Bonchev–Trinajstić information content (AvgIpc) is 2.66. The van der Waals surface area contributed by atoms with E-state index in [1.54, 1.807) is 24.5 Å². The van der Waals surface area contributed by atoms with Crippen molar-refractivity contribution < 1.29 is 9.53 Å². The van der Waals surface area contributed by atoms with Gasteiger partial charge in [-0.2, -0.15) is 0 Å². The number of ether oxygens (including phenoxy) is 1. The molecule has 128 valence electrons. The molecule has 0 unspecified atom stereocenters. The molecule has 0 fully saturated rings. The van der Waals surface area contributed by atoms with Crippen molar-refractivity contribution in [2.45, 2.75) is 32.9 Å². The van der Waals surface area contributed by atoms with Crippen molar-refractivity contribution in [3.05, 3.63) is 66.1 Å². The summed E-state index contributed by atoms with van der Waals surface area (Å²) in [7, 11) is 0. The zero-order valence-corrected chi connectivity index (χ0v) is 14.4. The maximum absolute atomic E-state index is 12.4. The topological polar surface area (TPSA) is 64.1 Å². The van der Waals surface area contributed by atoms with Crippen molar-refractivity contribution >= 4 is 16.8 Å². The third-order valence-corrected chi connectivity index (χ3v) is 4.04. The highest BCUT2D eigenvalue weighted by Crippen LogP contribution is 2.20. The Hall–Kier alpha value is -2.95. The van der Waals surface area contributed by atoms with Gasteiger partial charge in [-0.25, -0.2) is 4.98 Å². The van der Waals surface area contributed by atoms with E-state index < -0.39 is 0 Å². The van der Waals surface area contributed by atoms with Gasteiger partial charge < -0.3 is 10.1 Å². The number of carbonyl (C=O) groups is 1. The van der Waals surface area contributed by atoms with Crippen molar-refractivity contribution in [2.75, 3.05) is 0 Å². The maximum Gasteiger partial charge on any atom is 0.270 e. The van der Waals surface area contributed by atoms with E-state index in [1.165, 1.54) is 0 Å². The molecule has 1 N–H and O–H groups in total. The molecule has 0 aliphatic heterocycles. The Morgan fingerprint density at radius 1 is 1.20 bits per heavy atom. The van der Waals surface area contributed by atoms with Crippen LogP contribution in [0.5, 0.6) is 5.75 Å². The van der Waals surface area contributed by atoms with Gasteiger partial charge in [0.1, 0.15) is 11.4 Å². The number of carbonyl (C=O) groups excluding carboxylic acids is 1. The van der Waals surface area contributed by atoms with E-state index in [0.717, 1.165) is 28.6 Å². The number of benzene rings is 1. The van der Waals surface area contributed by atoms with E-state index in [4.69, 9.17) is 4.74 Å². The standard InChI is InChI=1S/C20H21N3O2/c1-3-14(2)25-19-7-5-4-6-16(19)13-22-20(24)18-9-8-15-12-21-11-10-17(15)23-18/h4-12,14H,3,13H2,1-2H3,(H,22,24)/t14-/m0/s1. The molecule has 25 heavy (non-hydrogen) atoms. The molecule has 1 amide bonds. The number of rotatable bonds is 6. The summed E-state index contributed by atoms with van der Waals surface area (Å²) in [5, 5.41) is 3.82. The number of para-hydroxylation sites is 1. The van der Waals surface area contributed by atoms with Crippen LogP contribution in [0.15, 0.2) is 54.9 Å². The number of fused-ring (bicyclic) bond motifs is 1. The van der Waals surface area contributed by atoms with Gasteiger partial charge in [0.25, 0.3) is 5.91 Å². The Bertz CT molecular complexity index is 879. The van der Waals surface area contributed by atoms with E-state index in [1.807, 2.05) is 37.3 Å². The Kier molecular flexibility index (Phi) is 5.23. The van der Waals surface area contributed by atoms with E-state index in [9.17, 15) is 4.79 Å². The van der Waals surface area contributed by atoms with Crippen molar-refractivity contribution in [2.24, 2.45) is 0 Å².